The van der Waals surface area contributed by atoms with Crippen LogP contribution in [0, 0.1) is 0 Å². The summed E-state index contributed by atoms with van der Waals surface area (Å²) in [4.78, 5) is 32.1. The molecule has 9 nitrogen and oxygen atoms in total. The van der Waals surface area contributed by atoms with Crippen molar-refractivity contribution in [2.75, 3.05) is 5.32 Å². The molecular formula is C25H24N5O4S2-. The maximum absolute atomic E-state index is 12.3. The highest BCUT2D eigenvalue weighted by atomic mass is 32.2. The van der Waals surface area contributed by atoms with Crippen molar-refractivity contribution >= 4 is 46.4 Å². The molecule has 4 rings (SSSR count). The Morgan fingerprint density at radius 1 is 1.14 bits per heavy atom. The van der Waals surface area contributed by atoms with Crippen LogP contribution in [0.3, 0.4) is 0 Å². The Bertz CT molecular complexity index is 1250. The highest BCUT2D eigenvalue weighted by molar-refractivity contribution is 8.01. The molecule has 0 saturated heterocycles. The molecule has 3 aromatic rings. The first-order chi connectivity index (χ1) is 17.5. The number of benzene rings is 2. The first kappa shape index (κ1) is 25.7. The highest BCUT2D eigenvalue weighted by Gasteiger charge is 2.31. The van der Waals surface area contributed by atoms with E-state index in [2.05, 4.69) is 15.3 Å². The van der Waals surface area contributed by atoms with Crippen molar-refractivity contribution < 1.29 is 18.4 Å². The van der Waals surface area contributed by atoms with Gasteiger partial charge in [-0.1, -0.05) is 54.4 Å². The van der Waals surface area contributed by atoms with Crippen molar-refractivity contribution in [3.05, 3.63) is 89.5 Å². The molecule has 2 aromatic carbocycles. The number of rotatable bonds is 9. The lowest BCUT2D eigenvalue weighted by molar-refractivity contribution is -0.110. The van der Waals surface area contributed by atoms with Gasteiger partial charge in [0.15, 0.2) is 6.29 Å². The normalized spacial score (nSPS) is 18.3. The number of aldehydes is 1. The van der Waals surface area contributed by atoms with E-state index in [1.54, 1.807) is 41.0 Å². The SMILES string of the molecule is CCC1SC(C=O)N(Cc2ccc(NC(=O)c3cnccn3)cc2)N=C1c1ccc(CS(=O)[O-])cc1. The van der Waals surface area contributed by atoms with E-state index in [0.717, 1.165) is 29.5 Å². The summed E-state index contributed by atoms with van der Waals surface area (Å²) in [5, 5.41) is 8.99. The Morgan fingerprint density at radius 2 is 1.86 bits per heavy atom. The minimum absolute atomic E-state index is 0.0345. The van der Waals surface area contributed by atoms with Gasteiger partial charge in [0.1, 0.15) is 11.1 Å². The summed E-state index contributed by atoms with van der Waals surface area (Å²) in [7, 11) is 0. The lowest BCUT2D eigenvalue weighted by Gasteiger charge is -2.34. The van der Waals surface area contributed by atoms with Gasteiger partial charge in [-0.3, -0.25) is 19.0 Å². The first-order valence-electron chi connectivity index (χ1n) is 11.2. The minimum atomic E-state index is -2.15. The molecule has 0 saturated carbocycles. The van der Waals surface area contributed by atoms with E-state index in [4.69, 9.17) is 5.10 Å². The minimum Gasteiger partial charge on any atom is -0.772 e. The van der Waals surface area contributed by atoms with Gasteiger partial charge in [0.05, 0.1) is 23.7 Å². The molecule has 2 heterocycles. The molecule has 1 aliphatic rings. The van der Waals surface area contributed by atoms with E-state index < -0.39 is 16.5 Å². The van der Waals surface area contributed by atoms with E-state index in [1.807, 2.05) is 31.2 Å². The van der Waals surface area contributed by atoms with E-state index in [9.17, 15) is 18.4 Å². The Kier molecular flexibility index (Phi) is 8.57. The van der Waals surface area contributed by atoms with E-state index in [-0.39, 0.29) is 22.6 Å². The van der Waals surface area contributed by atoms with Gasteiger partial charge in [-0.05, 0) is 35.2 Å². The average Bonchev–Trinajstić information content (AvgIpc) is 2.90. The number of carbonyl (C=O) groups excluding carboxylic acids is 2. The molecule has 1 amide bonds. The van der Waals surface area contributed by atoms with Gasteiger partial charge in [0.2, 0.25) is 0 Å². The van der Waals surface area contributed by atoms with Crippen LogP contribution in [0.2, 0.25) is 0 Å². The number of carbonyl (C=O) groups is 2. The number of aromatic nitrogens is 2. The summed E-state index contributed by atoms with van der Waals surface area (Å²) < 4.78 is 22.0. The predicted octanol–water partition coefficient (Wildman–Crippen LogP) is 3.36. The van der Waals surface area contributed by atoms with Crippen LogP contribution in [0.4, 0.5) is 5.69 Å². The number of hydrogen-bond acceptors (Lipinski definition) is 9. The molecule has 3 unspecified atom stereocenters. The Morgan fingerprint density at radius 3 is 2.47 bits per heavy atom. The molecule has 0 bridgehead atoms. The van der Waals surface area contributed by atoms with Crippen molar-refractivity contribution in [1.82, 2.24) is 15.0 Å². The second-order valence-electron chi connectivity index (χ2n) is 8.03. The lowest BCUT2D eigenvalue weighted by atomic mass is 10.0. The smallest absolute Gasteiger partial charge is 0.275 e. The molecule has 0 aliphatic carbocycles. The largest absolute Gasteiger partial charge is 0.772 e. The molecular weight excluding hydrogens is 498 g/mol. The molecule has 0 spiro atoms. The van der Waals surface area contributed by atoms with Crippen LogP contribution in [-0.4, -0.2) is 52.3 Å². The van der Waals surface area contributed by atoms with Gasteiger partial charge < -0.3 is 14.7 Å². The summed E-state index contributed by atoms with van der Waals surface area (Å²) in [6.45, 7) is 2.45. The van der Waals surface area contributed by atoms with Crippen LogP contribution in [0.1, 0.15) is 40.5 Å². The van der Waals surface area contributed by atoms with Crippen molar-refractivity contribution in [3.63, 3.8) is 0 Å². The second-order valence-corrected chi connectivity index (χ2v) is 10.2. The number of anilines is 1. The number of nitrogens with one attached hydrogen (secondary N) is 1. The molecule has 3 atom stereocenters. The summed E-state index contributed by atoms with van der Waals surface area (Å²) in [5.41, 5.74) is 4.21. The van der Waals surface area contributed by atoms with Crippen LogP contribution in [-0.2, 0) is 28.2 Å². The number of amides is 1. The van der Waals surface area contributed by atoms with Crippen LogP contribution in [0.5, 0.6) is 0 Å². The lowest BCUT2D eigenvalue weighted by Crippen LogP contribution is -2.39. The van der Waals surface area contributed by atoms with Gasteiger partial charge in [-0.15, -0.1) is 11.8 Å². The molecule has 186 valence electrons. The van der Waals surface area contributed by atoms with E-state index in [0.29, 0.717) is 17.8 Å². The topological polar surface area (TPSA) is 128 Å². The van der Waals surface area contributed by atoms with Crippen molar-refractivity contribution in [2.45, 2.75) is 36.3 Å². The molecule has 1 aliphatic heterocycles. The summed E-state index contributed by atoms with van der Waals surface area (Å²) >= 11 is -0.602. The van der Waals surface area contributed by atoms with Gasteiger partial charge in [0, 0.05) is 23.8 Å². The Balaban J connectivity index is 1.50. The zero-order valence-corrected chi connectivity index (χ0v) is 21.1. The van der Waals surface area contributed by atoms with Gasteiger partial charge >= 0.3 is 0 Å². The van der Waals surface area contributed by atoms with Crippen LogP contribution < -0.4 is 5.32 Å². The van der Waals surface area contributed by atoms with Crippen LogP contribution in [0.15, 0.2) is 72.2 Å². The van der Waals surface area contributed by atoms with Crippen molar-refractivity contribution in [2.24, 2.45) is 5.10 Å². The van der Waals surface area contributed by atoms with Gasteiger partial charge in [-0.25, -0.2) is 4.98 Å². The third kappa shape index (κ3) is 6.42. The number of nitrogens with zero attached hydrogens (tertiary/aromatic N) is 4. The standard InChI is InChI=1S/C25H25N5O4S2/c1-2-22-24(19-7-3-18(4-8-19)16-36(33)34)29-30(23(15-31)35-22)14-17-5-9-20(10-6-17)28-25(32)21-13-26-11-12-27-21/h3-13,15,22-23H,2,14,16H2,1H3,(H,28,32)(H,33,34)/p-1. The summed E-state index contributed by atoms with van der Waals surface area (Å²) in [6, 6.07) is 14.6. The second kappa shape index (κ2) is 12.0. The highest BCUT2D eigenvalue weighted by Crippen LogP contribution is 2.32. The quantitative estimate of drug-likeness (QED) is 0.335. The van der Waals surface area contributed by atoms with Crippen molar-refractivity contribution in [1.29, 1.82) is 0 Å². The molecule has 11 heteroatoms. The van der Waals surface area contributed by atoms with E-state index >= 15 is 0 Å². The van der Waals surface area contributed by atoms with Crippen molar-refractivity contribution in [3.8, 4) is 0 Å². The number of hydrogen-bond donors (Lipinski definition) is 1. The fraction of sp³-hybridized carbons (Fsp3) is 0.240. The molecule has 1 N–H and O–H groups in total. The van der Waals surface area contributed by atoms with Gasteiger partial charge in [0.25, 0.3) is 5.91 Å². The molecule has 1 aromatic heterocycles. The number of hydrazone groups is 1. The maximum atomic E-state index is 12.3. The fourth-order valence-electron chi connectivity index (χ4n) is 3.72. The zero-order chi connectivity index (χ0) is 25.5. The molecule has 36 heavy (non-hydrogen) atoms. The predicted molar refractivity (Wildman–Crippen MR) is 139 cm³/mol. The third-order valence-corrected chi connectivity index (χ3v) is 7.60. The fourth-order valence-corrected chi connectivity index (χ4v) is 5.36. The monoisotopic (exact) mass is 522 g/mol. The zero-order valence-electron chi connectivity index (χ0n) is 19.4. The maximum Gasteiger partial charge on any atom is 0.275 e. The Hall–Kier alpha value is -3.41. The summed E-state index contributed by atoms with van der Waals surface area (Å²) in [5.74, 6) is -0.385. The molecule has 0 fully saturated rings. The van der Waals surface area contributed by atoms with Crippen LogP contribution in [0.25, 0.3) is 0 Å². The van der Waals surface area contributed by atoms with Crippen LogP contribution >= 0.6 is 11.8 Å². The number of thioether (sulfide) groups is 1. The molecule has 0 radical (unpaired) electrons. The van der Waals surface area contributed by atoms with E-state index in [1.165, 1.54) is 18.6 Å². The average molecular weight is 523 g/mol. The van der Waals surface area contributed by atoms with Gasteiger partial charge in [-0.2, -0.15) is 5.10 Å². The Labute approximate surface area is 215 Å². The summed E-state index contributed by atoms with van der Waals surface area (Å²) in [6.07, 6.45) is 6.05. The third-order valence-electron chi connectivity index (χ3n) is 5.51. The first-order valence-corrected chi connectivity index (χ1v) is 13.4.